The molecule has 1 aromatic rings. The zero-order valence-electron chi connectivity index (χ0n) is 16.1. The zero-order chi connectivity index (χ0) is 19.8. The SMILES string of the molecule is CCN(CC)C(=O)CN1CCN(C(=O)CCC(=O)c2ccc(Cl)cc2)CC1. The molecule has 1 aromatic carbocycles. The quantitative estimate of drug-likeness (QED) is 0.636. The van der Waals surface area contributed by atoms with Gasteiger partial charge >= 0.3 is 0 Å². The van der Waals surface area contributed by atoms with E-state index < -0.39 is 0 Å². The summed E-state index contributed by atoms with van der Waals surface area (Å²) >= 11 is 5.82. The maximum atomic E-state index is 12.4. The molecule has 27 heavy (non-hydrogen) atoms. The molecule has 2 rings (SSSR count). The van der Waals surface area contributed by atoms with Gasteiger partial charge in [0.1, 0.15) is 0 Å². The number of Topliss-reactive ketones (excluding diaryl/α,β-unsaturated/α-hetero) is 1. The fraction of sp³-hybridized carbons (Fsp3) is 0.550. The summed E-state index contributed by atoms with van der Waals surface area (Å²) in [6, 6.07) is 6.71. The molecular formula is C20H28ClN3O3. The second-order valence-electron chi connectivity index (χ2n) is 6.65. The van der Waals surface area contributed by atoms with Crippen LogP contribution in [0, 0.1) is 0 Å². The van der Waals surface area contributed by atoms with Crippen LogP contribution in [0.1, 0.15) is 37.0 Å². The van der Waals surface area contributed by atoms with Crippen molar-refractivity contribution in [3.8, 4) is 0 Å². The predicted molar refractivity (Wildman–Crippen MR) is 106 cm³/mol. The largest absolute Gasteiger partial charge is 0.342 e. The van der Waals surface area contributed by atoms with Gasteiger partial charge in [0.05, 0.1) is 6.54 Å². The average Bonchev–Trinajstić information content (AvgIpc) is 2.68. The van der Waals surface area contributed by atoms with Crippen molar-refractivity contribution in [3.63, 3.8) is 0 Å². The standard InChI is InChI=1S/C20H28ClN3O3/c1-3-23(4-2)20(27)15-22-11-13-24(14-12-22)19(26)10-9-18(25)16-5-7-17(21)8-6-16/h5-8H,3-4,9-15H2,1-2H3. The minimum atomic E-state index is -0.0523. The lowest BCUT2D eigenvalue weighted by molar-refractivity contribution is -0.135. The molecule has 1 aliphatic heterocycles. The van der Waals surface area contributed by atoms with E-state index in [0.717, 1.165) is 13.1 Å². The Balaban J connectivity index is 1.73. The summed E-state index contributed by atoms with van der Waals surface area (Å²) in [5, 5.41) is 0.583. The first-order valence-corrected chi connectivity index (χ1v) is 9.89. The minimum absolute atomic E-state index is 0.00738. The number of amides is 2. The summed E-state index contributed by atoms with van der Waals surface area (Å²) in [7, 11) is 0. The lowest BCUT2D eigenvalue weighted by Crippen LogP contribution is -2.51. The molecule has 1 aliphatic rings. The molecule has 1 heterocycles. The predicted octanol–water partition coefficient (Wildman–Crippen LogP) is 2.32. The van der Waals surface area contributed by atoms with Crippen molar-refractivity contribution in [2.24, 2.45) is 0 Å². The molecule has 6 nitrogen and oxygen atoms in total. The molecule has 0 unspecified atom stereocenters. The van der Waals surface area contributed by atoms with E-state index in [1.54, 1.807) is 29.2 Å². The van der Waals surface area contributed by atoms with Crippen LogP contribution in [0.15, 0.2) is 24.3 Å². The fourth-order valence-corrected chi connectivity index (χ4v) is 3.31. The van der Waals surface area contributed by atoms with Gasteiger partial charge in [0.15, 0.2) is 5.78 Å². The van der Waals surface area contributed by atoms with Gasteiger partial charge in [-0.3, -0.25) is 19.3 Å². The van der Waals surface area contributed by atoms with Crippen molar-refractivity contribution >= 4 is 29.2 Å². The van der Waals surface area contributed by atoms with Crippen LogP contribution in [0.5, 0.6) is 0 Å². The summed E-state index contributed by atoms with van der Waals surface area (Å²) in [6.07, 6.45) is 0.404. The van der Waals surface area contributed by atoms with Crippen LogP contribution < -0.4 is 0 Å². The van der Waals surface area contributed by atoms with Crippen LogP contribution in [-0.2, 0) is 9.59 Å². The van der Waals surface area contributed by atoms with Gasteiger partial charge in [-0.2, -0.15) is 0 Å². The van der Waals surface area contributed by atoms with Crippen LogP contribution in [0.25, 0.3) is 0 Å². The Morgan fingerprint density at radius 1 is 0.963 bits per heavy atom. The highest BCUT2D eigenvalue weighted by molar-refractivity contribution is 6.30. The lowest BCUT2D eigenvalue weighted by Gasteiger charge is -2.35. The Bertz CT molecular complexity index is 651. The summed E-state index contributed by atoms with van der Waals surface area (Å²) < 4.78 is 0. The maximum absolute atomic E-state index is 12.4. The number of halogens is 1. The Kier molecular flexibility index (Phi) is 8.25. The fourth-order valence-electron chi connectivity index (χ4n) is 3.18. The normalized spacial score (nSPS) is 14.9. The molecule has 1 saturated heterocycles. The molecule has 7 heteroatoms. The van der Waals surface area contributed by atoms with Gasteiger partial charge in [-0.15, -0.1) is 0 Å². The van der Waals surface area contributed by atoms with Gasteiger partial charge in [-0.05, 0) is 38.1 Å². The first-order valence-electron chi connectivity index (χ1n) is 9.51. The van der Waals surface area contributed by atoms with E-state index in [-0.39, 0.29) is 30.4 Å². The van der Waals surface area contributed by atoms with E-state index in [2.05, 4.69) is 4.90 Å². The second-order valence-corrected chi connectivity index (χ2v) is 7.09. The van der Waals surface area contributed by atoms with Crippen molar-refractivity contribution in [1.82, 2.24) is 14.7 Å². The number of rotatable bonds is 8. The molecule has 0 spiro atoms. The van der Waals surface area contributed by atoms with E-state index in [9.17, 15) is 14.4 Å². The molecule has 0 aliphatic carbocycles. The van der Waals surface area contributed by atoms with Crippen LogP contribution in [-0.4, -0.2) is 78.1 Å². The van der Waals surface area contributed by atoms with Crippen LogP contribution in [0.3, 0.4) is 0 Å². The molecule has 148 valence electrons. The Labute approximate surface area is 166 Å². The van der Waals surface area contributed by atoms with Crippen molar-refractivity contribution in [2.45, 2.75) is 26.7 Å². The number of likely N-dealkylation sites (N-methyl/N-ethyl adjacent to an activating group) is 1. The van der Waals surface area contributed by atoms with Gasteiger partial charge in [0, 0.05) is 62.7 Å². The molecule has 2 amide bonds. The Morgan fingerprint density at radius 3 is 2.11 bits per heavy atom. The third-order valence-corrected chi connectivity index (χ3v) is 5.18. The molecule has 1 fully saturated rings. The zero-order valence-corrected chi connectivity index (χ0v) is 16.9. The smallest absolute Gasteiger partial charge is 0.236 e. The van der Waals surface area contributed by atoms with Gasteiger partial charge in [0.2, 0.25) is 11.8 Å². The molecule has 0 aromatic heterocycles. The third kappa shape index (κ3) is 6.33. The first kappa shape index (κ1) is 21.4. The third-order valence-electron chi connectivity index (χ3n) is 4.93. The highest BCUT2D eigenvalue weighted by atomic mass is 35.5. The number of benzene rings is 1. The Morgan fingerprint density at radius 2 is 1.56 bits per heavy atom. The van der Waals surface area contributed by atoms with E-state index in [4.69, 9.17) is 11.6 Å². The van der Waals surface area contributed by atoms with E-state index in [1.165, 1.54) is 0 Å². The topological polar surface area (TPSA) is 60.9 Å². The number of carbonyl (C=O) groups is 3. The molecule has 0 atom stereocenters. The van der Waals surface area contributed by atoms with Crippen LogP contribution >= 0.6 is 11.6 Å². The number of hydrogen-bond acceptors (Lipinski definition) is 4. The molecule has 0 saturated carbocycles. The van der Waals surface area contributed by atoms with Crippen molar-refractivity contribution < 1.29 is 14.4 Å². The summed E-state index contributed by atoms with van der Waals surface area (Å²) in [6.45, 7) is 8.35. The molecule has 0 radical (unpaired) electrons. The molecular weight excluding hydrogens is 366 g/mol. The monoisotopic (exact) mass is 393 g/mol. The van der Waals surface area contributed by atoms with E-state index in [1.807, 2.05) is 18.7 Å². The minimum Gasteiger partial charge on any atom is -0.342 e. The molecule has 0 N–H and O–H groups in total. The van der Waals surface area contributed by atoms with Crippen LogP contribution in [0.4, 0.5) is 0 Å². The van der Waals surface area contributed by atoms with Gasteiger partial charge in [-0.1, -0.05) is 11.6 Å². The molecule has 0 bridgehead atoms. The number of nitrogens with zero attached hydrogens (tertiary/aromatic N) is 3. The lowest BCUT2D eigenvalue weighted by atomic mass is 10.1. The number of ketones is 1. The highest BCUT2D eigenvalue weighted by Gasteiger charge is 2.23. The highest BCUT2D eigenvalue weighted by Crippen LogP contribution is 2.13. The average molecular weight is 394 g/mol. The maximum Gasteiger partial charge on any atom is 0.236 e. The van der Waals surface area contributed by atoms with Crippen molar-refractivity contribution in [1.29, 1.82) is 0 Å². The second kappa shape index (κ2) is 10.4. The van der Waals surface area contributed by atoms with E-state index >= 15 is 0 Å². The van der Waals surface area contributed by atoms with Crippen LogP contribution in [0.2, 0.25) is 5.02 Å². The summed E-state index contributed by atoms with van der Waals surface area (Å²) in [4.78, 5) is 42.4. The van der Waals surface area contributed by atoms with Gasteiger partial charge < -0.3 is 9.80 Å². The Hall–Kier alpha value is -1.92. The van der Waals surface area contributed by atoms with Crippen molar-refractivity contribution in [3.05, 3.63) is 34.9 Å². The summed E-state index contributed by atoms with van der Waals surface area (Å²) in [5.41, 5.74) is 0.576. The number of piperazine rings is 1. The van der Waals surface area contributed by atoms with Gasteiger partial charge in [-0.25, -0.2) is 0 Å². The van der Waals surface area contributed by atoms with E-state index in [0.29, 0.717) is 43.3 Å². The number of hydrogen-bond donors (Lipinski definition) is 0. The number of carbonyl (C=O) groups excluding carboxylic acids is 3. The first-order chi connectivity index (χ1) is 12.9. The van der Waals surface area contributed by atoms with Gasteiger partial charge in [0.25, 0.3) is 0 Å². The van der Waals surface area contributed by atoms with Crippen molar-refractivity contribution in [2.75, 3.05) is 45.8 Å². The summed E-state index contributed by atoms with van der Waals surface area (Å²) in [5.74, 6) is 0.0730.